The number of nitrogens with zero attached hydrogens (tertiary/aromatic N) is 3. The summed E-state index contributed by atoms with van der Waals surface area (Å²) in [6, 6.07) is 22.4. The summed E-state index contributed by atoms with van der Waals surface area (Å²) in [5.41, 5.74) is 2.86. The molecule has 0 saturated carbocycles. The van der Waals surface area contributed by atoms with Crippen LogP contribution in [-0.2, 0) is 22.4 Å². The smallest absolute Gasteiger partial charge is 0.254 e. The number of aryl methyl sites for hydroxylation is 1. The van der Waals surface area contributed by atoms with Crippen LogP contribution in [0.25, 0.3) is 0 Å². The third kappa shape index (κ3) is 8.47. The van der Waals surface area contributed by atoms with Crippen LogP contribution in [-0.4, -0.2) is 77.3 Å². The van der Waals surface area contributed by atoms with Crippen LogP contribution in [0.5, 0.6) is 0 Å². The summed E-state index contributed by atoms with van der Waals surface area (Å²) in [7, 11) is 1.73. The van der Waals surface area contributed by atoms with Gasteiger partial charge in [0, 0.05) is 43.6 Å². The maximum atomic E-state index is 14.0. The number of likely N-dealkylation sites (tertiary alicyclic amines) is 1. The van der Waals surface area contributed by atoms with Crippen LogP contribution < -0.4 is 10.6 Å². The highest BCUT2D eigenvalue weighted by Gasteiger charge is 2.36. The molecule has 2 N–H and O–H groups in total. The van der Waals surface area contributed by atoms with Crippen LogP contribution in [0.3, 0.4) is 0 Å². The lowest BCUT2D eigenvalue weighted by Crippen LogP contribution is -2.55. The molecule has 0 bridgehead atoms. The van der Waals surface area contributed by atoms with Crippen molar-refractivity contribution in [1.82, 2.24) is 25.4 Å². The Morgan fingerprint density at radius 3 is 2.22 bits per heavy atom. The molecule has 3 amide bonds. The standard InChI is InChI=1S/C33H41N5O3/c1-25(34-2)31(39)36-30(16-15-26-10-5-3-6-11-26)33(41)38-22-9-14-29(38)24-37(23-19-27-12-7-4-8-13-27)32(40)28-17-20-35-21-18-28/h3-8,10-13,17-18,20-21,25,29-30,34H,9,14-16,19,22-24H2,1-2H3,(H,36,39)/t25-,29-,30-/m0/s1. The highest BCUT2D eigenvalue weighted by Crippen LogP contribution is 2.22. The number of carbonyl (C=O) groups is 3. The zero-order valence-corrected chi connectivity index (χ0v) is 24.0. The van der Waals surface area contributed by atoms with Gasteiger partial charge in [0.2, 0.25) is 11.8 Å². The quantitative estimate of drug-likeness (QED) is 0.337. The molecule has 1 aliphatic heterocycles. The van der Waals surface area contributed by atoms with E-state index in [1.807, 2.05) is 58.3 Å². The van der Waals surface area contributed by atoms with Crippen molar-refractivity contribution in [3.05, 3.63) is 102 Å². The summed E-state index contributed by atoms with van der Waals surface area (Å²) in [6.07, 6.45) is 6.81. The minimum atomic E-state index is -0.646. The third-order valence-corrected chi connectivity index (χ3v) is 7.82. The number of benzene rings is 2. The SMILES string of the molecule is CN[C@@H](C)C(=O)N[C@@H](CCc1ccccc1)C(=O)N1CCC[C@H]1CN(CCc1ccccc1)C(=O)c1ccncc1. The number of aromatic nitrogens is 1. The number of nitrogens with one attached hydrogen (secondary N) is 2. The summed E-state index contributed by atoms with van der Waals surface area (Å²) in [6.45, 7) is 3.37. The van der Waals surface area contributed by atoms with Gasteiger partial charge in [0.1, 0.15) is 6.04 Å². The lowest BCUT2D eigenvalue weighted by molar-refractivity contribution is -0.137. The van der Waals surface area contributed by atoms with Crippen molar-refractivity contribution in [2.75, 3.05) is 26.7 Å². The van der Waals surface area contributed by atoms with Gasteiger partial charge >= 0.3 is 0 Å². The molecule has 2 aromatic carbocycles. The fraction of sp³-hybridized carbons (Fsp3) is 0.394. The van der Waals surface area contributed by atoms with Gasteiger partial charge in [0.25, 0.3) is 5.91 Å². The second-order valence-electron chi connectivity index (χ2n) is 10.6. The molecule has 216 valence electrons. The number of amides is 3. The summed E-state index contributed by atoms with van der Waals surface area (Å²) in [5.74, 6) is -0.356. The van der Waals surface area contributed by atoms with E-state index >= 15 is 0 Å². The molecule has 1 fully saturated rings. The molecule has 4 rings (SSSR count). The highest BCUT2D eigenvalue weighted by molar-refractivity contribution is 5.94. The Hall–Kier alpha value is -4.04. The van der Waals surface area contributed by atoms with Gasteiger partial charge in [-0.3, -0.25) is 19.4 Å². The Labute approximate surface area is 243 Å². The molecule has 8 nitrogen and oxygen atoms in total. The predicted molar refractivity (Wildman–Crippen MR) is 160 cm³/mol. The molecule has 3 atom stereocenters. The molecule has 1 aliphatic rings. The zero-order chi connectivity index (χ0) is 29.0. The largest absolute Gasteiger partial charge is 0.343 e. The number of carbonyl (C=O) groups excluding carboxylic acids is 3. The number of hydrogen-bond donors (Lipinski definition) is 2. The van der Waals surface area contributed by atoms with Gasteiger partial charge in [-0.25, -0.2) is 0 Å². The number of rotatable bonds is 13. The lowest BCUT2D eigenvalue weighted by atomic mass is 10.0. The van der Waals surface area contributed by atoms with Crippen molar-refractivity contribution in [1.29, 1.82) is 0 Å². The van der Waals surface area contributed by atoms with Gasteiger partial charge in [0.05, 0.1) is 6.04 Å². The molecular formula is C33H41N5O3. The Balaban J connectivity index is 1.50. The van der Waals surface area contributed by atoms with Crippen molar-refractivity contribution < 1.29 is 14.4 Å². The van der Waals surface area contributed by atoms with E-state index in [9.17, 15) is 14.4 Å². The molecule has 0 radical (unpaired) electrons. The second kappa shape index (κ2) is 15.1. The molecule has 0 unspecified atom stereocenters. The molecule has 0 spiro atoms. The van der Waals surface area contributed by atoms with Crippen molar-refractivity contribution >= 4 is 17.7 Å². The third-order valence-electron chi connectivity index (χ3n) is 7.82. The number of pyridine rings is 1. The average Bonchev–Trinajstić information content (AvgIpc) is 3.49. The van der Waals surface area contributed by atoms with Crippen molar-refractivity contribution in [2.45, 2.75) is 57.2 Å². The van der Waals surface area contributed by atoms with Crippen LogP contribution in [0.15, 0.2) is 85.2 Å². The first kappa shape index (κ1) is 29.9. The van der Waals surface area contributed by atoms with E-state index in [4.69, 9.17) is 0 Å². The van der Waals surface area contributed by atoms with Crippen LogP contribution >= 0.6 is 0 Å². The minimum absolute atomic E-state index is 0.0700. The lowest BCUT2D eigenvalue weighted by Gasteiger charge is -2.33. The molecule has 41 heavy (non-hydrogen) atoms. The topological polar surface area (TPSA) is 94.6 Å². The van der Waals surface area contributed by atoms with Crippen LogP contribution in [0.2, 0.25) is 0 Å². The molecule has 0 aliphatic carbocycles. The van der Waals surface area contributed by atoms with Gasteiger partial charge in [-0.1, -0.05) is 60.7 Å². The number of hydrogen-bond acceptors (Lipinski definition) is 5. The maximum absolute atomic E-state index is 14.0. The fourth-order valence-electron chi connectivity index (χ4n) is 5.27. The van der Waals surface area contributed by atoms with Gasteiger partial charge < -0.3 is 20.4 Å². The fourth-order valence-corrected chi connectivity index (χ4v) is 5.27. The molecule has 2 heterocycles. The van der Waals surface area contributed by atoms with Crippen LogP contribution in [0.4, 0.5) is 0 Å². The van der Waals surface area contributed by atoms with Crippen LogP contribution in [0.1, 0.15) is 47.7 Å². The zero-order valence-electron chi connectivity index (χ0n) is 24.0. The van der Waals surface area contributed by atoms with Crippen molar-refractivity contribution in [2.24, 2.45) is 0 Å². The average molecular weight is 556 g/mol. The Kier molecular flexibility index (Phi) is 11.0. The minimum Gasteiger partial charge on any atom is -0.343 e. The molecule has 1 saturated heterocycles. The van der Waals surface area contributed by atoms with Gasteiger partial charge in [-0.05, 0) is 69.3 Å². The summed E-state index contributed by atoms with van der Waals surface area (Å²) in [4.78, 5) is 48.3. The summed E-state index contributed by atoms with van der Waals surface area (Å²) in [5, 5.41) is 5.96. The monoisotopic (exact) mass is 555 g/mol. The maximum Gasteiger partial charge on any atom is 0.254 e. The van der Waals surface area contributed by atoms with E-state index in [1.165, 1.54) is 0 Å². The van der Waals surface area contributed by atoms with E-state index in [-0.39, 0.29) is 23.8 Å². The van der Waals surface area contributed by atoms with E-state index in [2.05, 4.69) is 27.8 Å². The summed E-state index contributed by atoms with van der Waals surface area (Å²) >= 11 is 0. The van der Waals surface area contributed by atoms with E-state index in [1.54, 1.807) is 38.5 Å². The molecular weight excluding hydrogens is 514 g/mol. The van der Waals surface area contributed by atoms with Gasteiger partial charge in [-0.15, -0.1) is 0 Å². The Morgan fingerprint density at radius 2 is 1.59 bits per heavy atom. The van der Waals surface area contributed by atoms with E-state index in [0.717, 1.165) is 30.4 Å². The van der Waals surface area contributed by atoms with Gasteiger partial charge in [-0.2, -0.15) is 0 Å². The van der Waals surface area contributed by atoms with Crippen molar-refractivity contribution in [3.8, 4) is 0 Å². The Bertz CT molecular complexity index is 1260. The first-order valence-corrected chi connectivity index (χ1v) is 14.5. The van der Waals surface area contributed by atoms with Crippen molar-refractivity contribution in [3.63, 3.8) is 0 Å². The van der Waals surface area contributed by atoms with Gasteiger partial charge in [0.15, 0.2) is 0 Å². The predicted octanol–water partition coefficient (Wildman–Crippen LogP) is 3.48. The first-order chi connectivity index (χ1) is 20.0. The van der Waals surface area contributed by atoms with Crippen LogP contribution in [0, 0.1) is 0 Å². The normalized spacial score (nSPS) is 16.1. The number of likely N-dealkylation sites (N-methyl/N-ethyl adjacent to an activating group) is 1. The van der Waals surface area contributed by atoms with E-state index in [0.29, 0.717) is 38.0 Å². The first-order valence-electron chi connectivity index (χ1n) is 14.5. The second-order valence-corrected chi connectivity index (χ2v) is 10.6. The van der Waals surface area contributed by atoms with E-state index < -0.39 is 12.1 Å². The molecule has 1 aromatic heterocycles. The highest BCUT2D eigenvalue weighted by atomic mass is 16.2. The molecule has 8 heteroatoms. The molecule has 3 aromatic rings. The Morgan fingerprint density at radius 1 is 0.951 bits per heavy atom. The summed E-state index contributed by atoms with van der Waals surface area (Å²) < 4.78 is 0.